The van der Waals surface area contributed by atoms with E-state index < -0.39 is 41.2 Å². The van der Waals surface area contributed by atoms with Crippen LogP contribution in [0.2, 0.25) is 0 Å². The van der Waals surface area contributed by atoms with E-state index >= 15 is 0 Å². The first-order valence-corrected chi connectivity index (χ1v) is 7.61. The van der Waals surface area contributed by atoms with Gasteiger partial charge in [-0.05, 0) is 37.0 Å². The third-order valence-electron chi connectivity index (χ3n) is 4.50. The number of hydrogen-bond donors (Lipinski definition) is 3. The predicted molar refractivity (Wildman–Crippen MR) is 81.2 cm³/mol. The molecule has 4 N–H and O–H groups in total. The van der Waals surface area contributed by atoms with Crippen molar-refractivity contribution in [2.75, 3.05) is 5.32 Å². The fraction of sp³-hybridized carbons (Fsp3) is 0.500. The molecule has 1 fully saturated rings. The molecule has 0 radical (unpaired) electrons. The second-order valence-electron chi connectivity index (χ2n) is 6.42. The lowest BCUT2D eigenvalue weighted by atomic mass is 9.96. The maximum absolute atomic E-state index is 13.8. The highest BCUT2D eigenvalue weighted by Crippen LogP contribution is 2.48. The molecule has 25 heavy (non-hydrogen) atoms. The molecule has 2 rings (SSSR count). The fourth-order valence-electron chi connectivity index (χ4n) is 2.43. The van der Waals surface area contributed by atoms with Gasteiger partial charge in [-0.15, -0.1) is 0 Å². The van der Waals surface area contributed by atoms with Crippen LogP contribution in [0, 0.1) is 17.2 Å². The van der Waals surface area contributed by atoms with Crippen molar-refractivity contribution >= 4 is 17.6 Å². The Kier molecular flexibility index (Phi) is 5.08. The molecule has 1 aliphatic carbocycles. The summed E-state index contributed by atoms with van der Waals surface area (Å²) < 4.78 is 51.7. The third kappa shape index (κ3) is 4.28. The Hall–Kier alpha value is -2.16. The van der Waals surface area contributed by atoms with Crippen molar-refractivity contribution in [2.24, 2.45) is 17.1 Å². The van der Waals surface area contributed by atoms with Crippen molar-refractivity contribution in [1.29, 1.82) is 0 Å². The number of rotatable bonds is 6. The summed E-state index contributed by atoms with van der Waals surface area (Å²) >= 11 is 0. The molecule has 0 bridgehead atoms. The largest absolute Gasteiger partial charge is 0.481 e. The predicted octanol–water partition coefficient (Wildman–Crippen LogP) is 2.70. The molecule has 0 saturated heterocycles. The highest BCUT2D eigenvalue weighted by Gasteiger charge is 2.50. The highest BCUT2D eigenvalue weighted by molar-refractivity contribution is 5.95. The van der Waals surface area contributed by atoms with Gasteiger partial charge in [0.2, 0.25) is 5.91 Å². The van der Waals surface area contributed by atoms with E-state index in [0.717, 1.165) is 13.0 Å². The Balaban J connectivity index is 2.13. The van der Waals surface area contributed by atoms with E-state index in [1.54, 1.807) is 0 Å². The van der Waals surface area contributed by atoms with Gasteiger partial charge in [0.1, 0.15) is 5.82 Å². The Labute approximate surface area is 141 Å². The van der Waals surface area contributed by atoms with Crippen LogP contribution in [0.15, 0.2) is 18.2 Å². The molecule has 1 amide bonds. The summed E-state index contributed by atoms with van der Waals surface area (Å²) in [5.74, 6) is -5.06. The third-order valence-corrected chi connectivity index (χ3v) is 4.50. The molecule has 2 unspecified atom stereocenters. The van der Waals surface area contributed by atoms with Gasteiger partial charge in [0.25, 0.3) is 0 Å². The summed E-state index contributed by atoms with van der Waals surface area (Å²) in [7, 11) is 0. The number of carboxylic acid groups (broad SMARTS) is 1. The minimum atomic E-state index is -4.66. The molecule has 5 nitrogen and oxygen atoms in total. The van der Waals surface area contributed by atoms with Gasteiger partial charge in [-0.25, -0.2) is 4.39 Å². The lowest BCUT2D eigenvalue weighted by Crippen LogP contribution is -2.46. The van der Waals surface area contributed by atoms with Crippen molar-refractivity contribution in [3.63, 3.8) is 0 Å². The maximum atomic E-state index is 13.8. The Morgan fingerprint density at radius 2 is 1.96 bits per heavy atom. The van der Waals surface area contributed by atoms with Gasteiger partial charge in [-0.3, -0.25) is 9.59 Å². The molecule has 0 aromatic heterocycles. The zero-order chi connectivity index (χ0) is 19.0. The van der Waals surface area contributed by atoms with Crippen LogP contribution in [-0.4, -0.2) is 29.2 Å². The normalized spacial score (nSPS) is 18.3. The van der Waals surface area contributed by atoms with E-state index in [1.165, 1.54) is 12.1 Å². The zero-order valence-electron chi connectivity index (χ0n) is 13.4. The van der Waals surface area contributed by atoms with Crippen LogP contribution in [0.5, 0.6) is 0 Å². The summed E-state index contributed by atoms with van der Waals surface area (Å²) in [4.78, 5) is 23.1. The van der Waals surface area contributed by atoms with Crippen LogP contribution >= 0.6 is 0 Å². The summed E-state index contributed by atoms with van der Waals surface area (Å²) in [6.07, 6.45) is -3.52. The van der Waals surface area contributed by atoms with E-state index in [-0.39, 0.29) is 12.1 Å². The lowest BCUT2D eigenvalue weighted by molar-refractivity contribution is -0.176. The molecule has 1 aliphatic rings. The fourth-order valence-corrected chi connectivity index (χ4v) is 2.43. The molecule has 138 valence electrons. The van der Waals surface area contributed by atoms with Crippen molar-refractivity contribution in [3.05, 3.63) is 29.6 Å². The van der Waals surface area contributed by atoms with Crippen LogP contribution in [0.25, 0.3) is 0 Å². The van der Waals surface area contributed by atoms with Crippen molar-refractivity contribution < 1.29 is 32.3 Å². The van der Waals surface area contributed by atoms with E-state index in [0.29, 0.717) is 18.4 Å². The van der Waals surface area contributed by atoms with Gasteiger partial charge < -0.3 is 16.2 Å². The molecule has 1 aromatic rings. The first-order chi connectivity index (χ1) is 11.5. The topological polar surface area (TPSA) is 92.4 Å². The Morgan fingerprint density at radius 1 is 1.36 bits per heavy atom. The van der Waals surface area contributed by atoms with Crippen molar-refractivity contribution in [3.8, 4) is 0 Å². The van der Waals surface area contributed by atoms with Gasteiger partial charge >= 0.3 is 12.1 Å². The standard InChI is InChI=1S/C16H18F4N2O3/c1-8(16(18,19)20)12(21)13(23)22-11-6-9(2-3-10(11)17)7-15(4-5-15)14(24)25/h2-3,6,8,12H,4-5,7,21H2,1H3,(H,22,23)(H,24,25). The SMILES string of the molecule is CC(C(N)C(=O)Nc1cc(CC2(C(=O)O)CC2)ccc1F)C(F)(F)F. The Bertz CT molecular complexity index is 686. The van der Waals surface area contributed by atoms with Crippen LogP contribution in [0.4, 0.5) is 23.2 Å². The summed E-state index contributed by atoms with van der Waals surface area (Å²) in [6.45, 7) is 0.765. The first-order valence-electron chi connectivity index (χ1n) is 7.61. The second kappa shape index (κ2) is 6.62. The number of carbonyl (C=O) groups excluding carboxylic acids is 1. The van der Waals surface area contributed by atoms with Gasteiger partial charge in [-0.2, -0.15) is 13.2 Å². The van der Waals surface area contributed by atoms with Crippen molar-refractivity contribution in [1.82, 2.24) is 0 Å². The molecular formula is C16H18F4N2O3. The van der Waals surface area contributed by atoms with E-state index in [4.69, 9.17) is 5.73 Å². The number of anilines is 1. The van der Waals surface area contributed by atoms with Crippen LogP contribution in [0.3, 0.4) is 0 Å². The molecule has 2 atom stereocenters. The maximum Gasteiger partial charge on any atom is 0.393 e. The molecule has 0 heterocycles. The lowest BCUT2D eigenvalue weighted by Gasteiger charge is -2.22. The summed E-state index contributed by atoms with van der Waals surface area (Å²) in [6, 6.07) is 1.74. The molecule has 1 saturated carbocycles. The summed E-state index contributed by atoms with van der Waals surface area (Å²) in [5, 5.41) is 11.2. The number of carbonyl (C=O) groups is 2. The molecule has 0 spiro atoms. The number of nitrogens with two attached hydrogens (primary N) is 1. The minimum Gasteiger partial charge on any atom is -0.481 e. The molecule has 0 aliphatic heterocycles. The van der Waals surface area contributed by atoms with E-state index in [2.05, 4.69) is 5.32 Å². The number of nitrogens with one attached hydrogen (secondary N) is 1. The average molecular weight is 362 g/mol. The van der Waals surface area contributed by atoms with E-state index in [9.17, 15) is 32.3 Å². The number of aliphatic carboxylic acids is 1. The number of carboxylic acids is 1. The monoisotopic (exact) mass is 362 g/mol. The minimum absolute atomic E-state index is 0.149. The quantitative estimate of drug-likeness (QED) is 0.679. The number of amides is 1. The van der Waals surface area contributed by atoms with Crippen molar-refractivity contribution in [2.45, 2.75) is 38.4 Å². The summed E-state index contributed by atoms with van der Waals surface area (Å²) in [5.41, 5.74) is 4.55. The highest BCUT2D eigenvalue weighted by atomic mass is 19.4. The molecular weight excluding hydrogens is 344 g/mol. The van der Waals surface area contributed by atoms with Gasteiger partial charge in [-0.1, -0.05) is 13.0 Å². The molecule has 9 heteroatoms. The number of halogens is 4. The number of hydrogen-bond acceptors (Lipinski definition) is 3. The van der Waals surface area contributed by atoms with Crippen LogP contribution in [0.1, 0.15) is 25.3 Å². The van der Waals surface area contributed by atoms with Gasteiger partial charge in [0.15, 0.2) is 0 Å². The number of benzene rings is 1. The smallest absolute Gasteiger partial charge is 0.393 e. The number of alkyl halides is 3. The molecule has 1 aromatic carbocycles. The zero-order valence-corrected chi connectivity index (χ0v) is 13.4. The van der Waals surface area contributed by atoms with Gasteiger partial charge in [0, 0.05) is 0 Å². The van der Waals surface area contributed by atoms with Crippen LogP contribution < -0.4 is 11.1 Å². The van der Waals surface area contributed by atoms with E-state index in [1.807, 2.05) is 0 Å². The van der Waals surface area contributed by atoms with Gasteiger partial charge in [0.05, 0.1) is 23.1 Å². The first kappa shape index (κ1) is 19.2. The Morgan fingerprint density at radius 3 is 2.44 bits per heavy atom. The second-order valence-corrected chi connectivity index (χ2v) is 6.42. The average Bonchev–Trinajstić information content (AvgIpc) is 3.29. The van der Waals surface area contributed by atoms with Crippen LogP contribution in [-0.2, 0) is 16.0 Å².